The van der Waals surface area contributed by atoms with E-state index in [4.69, 9.17) is 23.2 Å². The van der Waals surface area contributed by atoms with Gasteiger partial charge < -0.3 is 0 Å². The van der Waals surface area contributed by atoms with Gasteiger partial charge >= 0.3 is 0 Å². The van der Waals surface area contributed by atoms with E-state index in [0.717, 1.165) is 10.0 Å². The highest BCUT2D eigenvalue weighted by molar-refractivity contribution is 9.10. The zero-order valence-electron chi connectivity index (χ0n) is 9.64. The maximum atomic E-state index is 13.5. The van der Waals surface area contributed by atoms with E-state index in [1.165, 1.54) is 18.2 Å². The molecule has 0 spiro atoms. The highest BCUT2D eigenvalue weighted by Crippen LogP contribution is 2.31. The molecule has 1 atom stereocenters. The van der Waals surface area contributed by atoms with Gasteiger partial charge in [-0.05, 0) is 52.2 Å². The van der Waals surface area contributed by atoms with E-state index in [1.54, 1.807) is 18.2 Å². The Kier molecular flexibility index (Phi) is 4.82. The van der Waals surface area contributed by atoms with E-state index >= 15 is 0 Å². The first-order valence-corrected chi connectivity index (χ1v) is 7.11. The monoisotopic (exact) mass is 364 g/mol. The van der Waals surface area contributed by atoms with Crippen LogP contribution in [0.15, 0.2) is 40.9 Å². The van der Waals surface area contributed by atoms with Gasteiger partial charge in [0.1, 0.15) is 11.6 Å². The summed E-state index contributed by atoms with van der Waals surface area (Å²) in [5.74, 6) is -1.18. The smallest absolute Gasteiger partial charge is 0.129 e. The largest absolute Gasteiger partial charge is 0.207 e. The van der Waals surface area contributed by atoms with Gasteiger partial charge in [-0.1, -0.05) is 23.7 Å². The molecule has 0 aliphatic carbocycles. The Balaban J connectivity index is 2.25. The molecular weight excluding hydrogens is 357 g/mol. The third-order valence-electron chi connectivity index (χ3n) is 2.75. The minimum Gasteiger partial charge on any atom is -0.207 e. The highest BCUT2D eigenvalue weighted by Gasteiger charge is 2.16. The molecule has 1 unspecified atom stereocenters. The SMILES string of the molecule is Fc1cccc(F)c1CC(Cl)c1ccc(Br)c(Cl)c1. The maximum absolute atomic E-state index is 13.5. The van der Waals surface area contributed by atoms with Gasteiger partial charge in [0.05, 0.1) is 10.4 Å². The first kappa shape index (κ1) is 14.8. The number of alkyl halides is 1. The van der Waals surface area contributed by atoms with Crippen LogP contribution in [0.25, 0.3) is 0 Å². The van der Waals surface area contributed by atoms with Crippen molar-refractivity contribution in [1.29, 1.82) is 0 Å². The van der Waals surface area contributed by atoms with Crippen molar-refractivity contribution in [3.05, 3.63) is 68.7 Å². The number of benzene rings is 2. The Hall–Kier alpha value is -0.640. The summed E-state index contributed by atoms with van der Waals surface area (Å²) in [6.45, 7) is 0. The van der Waals surface area contributed by atoms with Crippen molar-refractivity contribution >= 4 is 39.1 Å². The van der Waals surface area contributed by atoms with Gasteiger partial charge in [0.25, 0.3) is 0 Å². The minimum absolute atomic E-state index is 0.0125. The second kappa shape index (κ2) is 6.21. The summed E-state index contributed by atoms with van der Waals surface area (Å²) >= 11 is 15.4. The molecule has 0 heterocycles. The summed E-state index contributed by atoms with van der Waals surface area (Å²) in [5.41, 5.74) is 0.707. The van der Waals surface area contributed by atoms with Crippen LogP contribution in [0.4, 0.5) is 8.78 Å². The van der Waals surface area contributed by atoms with Crippen LogP contribution in [0.2, 0.25) is 5.02 Å². The van der Waals surface area contributed by atoms with Crippen molar-refractivity contribution in [1.82, 2.24) is 0 Å². The lowest BCUT2D eigenvalue weighted by molar-refractivity contribution is 0.553. The lowest BCUT2D eigenvalue weighted by atomic mass is 10.0. The first-order chi connectivity index (χ1) is 8.99. The Morgan fingerprint density at radius 2 is 1.74 bits per heavy atom. The molecule has 0 nitrogen and oxygen atoms in total. The van der Waals surface area contributed by atoms with Crippen LogP contribution in [0.1, 0.15) is 16.5 Å². The number of hydrogen-bond donors (Lipinski definition) is 0. The van der Waals surface area contributed by atoms with Gasteiger partial charge in [-0.2, -0.15) is 0 Å². The van der Waals surface area contributed by atoms with Crippen molar-refractivity contribution in [3.63, 3.8) is 0 Å². The molecule has 0 N–H and O–H groups in total. The first-order valence-electron chi connectivity index (χ1n) is 5.51. The fourth-order valence-corrected chi connectivity index (χ4v) is 2.46. The van der Waals surface area contributed by atoms with E-state index in [0.29, 0.717) is 5.02 Å². The van der Waals surface area contributed by atoms with Crippen molar-refractivity contribution < 1.29 is 8.78 Å². The standard InChI is InChI=1S/C14H9BrCl2F2/c15-10-5-4-8(6-12(10)17)11(16)7-9-13(18)2-1-3-14(9)19/h1-6,11H,7H2. The van der Waals surface area contributed by atoms with Gasteiger partial charge in [-0.15, -0.1) is 11.6 Å². The molecule has 0 aromatic heterocycles. The molecule has 2 rings (SSSR count). The second-order valence-electron chi connectivity index (χ2n) is 4.05. The summed E-state index contributed by atoms with van der Waals surface area (Å²) in [5, 5.41) is -0.0332. The Morgan fingerprint density at radius 1 is 1.11 bits per heavy atom. The zero-order chi connectivity index (χ0) is 14.0. The van der Waals surface area contributed by atoms with Crippen LogP contribution >= 0.6 is 39.1 Å². The molecule has 0 saturated carbocycles. The Morgan fingerprint density at radius 3 is 2.32 bits per heavy atom. The van der Waals surface area contributed by atoms with Crippen LogP contribution in [0.5, 0.6) is 0 Å². The predicted molar refractivity (Wildman–Crippen MR) is 77.8 cm³/mol. The van der Waals surface area contributed by atoms with Gasteiger partial charge in [0.2, 0.25) is 0 Å². The van der Waals surface area contributed by atoms with E-state index in [-0.39, 0.29) is 12.0 Å². The van der Waals surface area contributed by atoms with Crippen LogP contribution in [0, 0.1) is 11.6 Å². The summed E-state index contributed by atoms with van der Waals surface area (Å²) in [6, 6.07) is 8.97. The minimum atomic E-state index is -0.589. The van der Waals surface area contributed by atoms with Gasteiger partial charge in [-0.25, -0.2) is 8.78 Å². The van der Waals surface area contributed by atoms with E-state index in [2.05, 4.69) is 15.9 Å². The number of halogens is 5. The van der Waals surface area contributed by atoms with E-state index in [1.807, 2.05) is 0 Å². The Bertz CT molecular complexity index is 582. The lowest BCUT2D eigenvalue weighted by Crippen LogP contribution is -2.01. The molecule has 19 heavy (non-hydrogen) atoms. The average molecular weight is 366 g/mol. The highest BCUT2D eigenvalue weighted by atomic mass is 79.9. The summed E-state index contributed by atoms with van der Waals surface area (Å²) in [6.07, 6.45) is 0.0675. The quantitative estimate of drug-likeness (QED) is 0.593. The predicted octanol–water partition coefficient (Wildman–Crippen LogP) is 5.90. The van der Waals surface area contributed by atoms with Crippen molar-refractivity contribution in [2.75, 3.05) is 0 Å². The van der Waals surface area contributed by atoms with E-state index in [9.17, 15) is 8.78 Å². The fraction of sp³-hybridized carbons (Fsp3) is 0.143. The van der Waals surface area contributed by atoms with Crippen molar-refractivity contribution in [3.8, 4) is 0 Å². The van der Waals surface area contributed by atoms with Gasteiger partial charge in [0, 0.05) is 10.0 Å². The fourth-order valence-electron chi connectivity index (χ4n) is 1.73. The van der Waals surface area contributed by atoms with Crippen LogP contribution in [-0.2, 0) is 6.42 Å². The number of rotatable bonds is 3. The van der Waals surface area contributed by atoms with Gasteiger partial charge in [-0.3, -0.25) is 0 Å². The Labute approximate surface area is 128 Å². The third-order valence-corrected chi connectivity index (χ3v) is 4.39. The molecule has 2 aromatic carbocycles. The van der Waals surface area contributed by atoms with Crippen LogP contribution < -0.4 is 0 Å². The summed E-state index contributed by atoms with van der Waals surface area (Å²) < 4.78 is 27.8. The molecular formula is C14H9BrCl2F2. The molecule has 0 bridgehead atoms. The van der Waals surface area contributed by atoms with Crippen LogP contribution in [0.3, 0.4) is 0 Å². The topological polar surface area (TPSA) is 0 Å². The summed E-state index contributed by atoms with van der Waals surface area (Å²) in [4.78, 5) is 0. The third kappa shape index (κ3) is 3.47. The molecule has 2 aromatic rings. The molecule has 0 amide bonds. The normalized spacial score (nSPS) is 12.5. The summed E-state index contributed by atoms with van der Waals surface area (Å²) in [7, 11) is 0. The lowest BCUT2D eigenvalue weighted by Gasteiger charge is -2.12. The van der Waals surface area contributed by atoms with Crippen molar-refractivity contribution in [2.45, 2.75) is 11.8 Å². The molecule has 0 saturated heterocycles. The molecule has 5 heteroatoms. The molecule has 0 radical (unpaired) electrons. The molecule has 0 aliphatic heterocycles. The maximum Gasteiger partial charge on any atom is 0.129 e. The second-order valence-corrected chi connectivity index (χ2v) is 5.83. The van der Waals surface area contributed by atoms with E-state index < -0.39 is 17.0 Å². The van der Waals surface area contributed by atoms with Gasteiger partial charge in [0.15, 0.2) is 0 Å². The van der Waals surface area contributed by atoms with Crippen molar-refractivity contribution in [2.24, 2.45) is 0 Å². The van der Waals surface area contributed by atoms with Crippen LogP contribution in [-0.4, -0.2) is 0 Å². The molecule has 100 valence electrons. The average Bonchev–Trinajstić information content (AvgIpc) is 2.37. The number of hydrogen-bond acceptors (Lipinski definition) is 0. The molecule has 0 fully saturated rings. The molecule has 0 aliphatic rings. The zero-order valence-corrected chi connectivity index (χ0v) is 12.7.